The van der Waals surface area contributed by atoms with Gasteiger partial charge in [-0.2, -0.15) is 0 Å². The topological polar surface area (TPSA) is 12.0 Å². The quantitative estimate of drug-likeness (QED) is 0.759. The van der Waals surface area contributed by atoms with Crippen LogP contribution in [0.1, 0.15) is 48.5 Å². The Morgan fingerprint density at radius 2 is 1.81 bits per heavy atom. The lowest BCUT2D eigenvalue weighted by molar-refractivity contribution is 0.433. The van der Waals surface area contributed by atoms with Gasteiger partial charge in [-0.1, -0.05) is 48.3 Å². The molecule has 0 spiro atoms. The van der Waals surface area contributed by atoms with Crippen LogP contribution in [0.2, 0.25) is 10.0 Å². The number of nitrogens with one attached hydrogen (secondary N) is 1. The molecule has 0 radical (unpaired) electrons. The Morgan fingerprint density at radius 3 is 2.52 bits per heavy atom. The van der Waals surface area contributed by atoms with Crippen molar-refractivity contribution in [2.24, 2.45) is 0 Å². The first-order valence-corrected chi connectivity index (χ1v) is 8.23. The van der Waals surface area contributed by atoms with Gasteiger partial charge in [0.05, 0.1) is 0 Å². The molecule has 0 saturated carbocycles. The minimum atomic E-state index is 0.355. The predicted octanol–water partition coefficient (Wildman–Crippen LogP) is 5.72. The number of aryl methyl sites for hydroxylation is 1. The molecule has 0 heterocycles. The van der Waals surface area contributed by atoms with Gasteiger partial charge in [-0.25, -0.2) is 0 Å². The van der Waals surface area contributed by atoms with Crippen molar-refractivity contribution in [3.8, 4) is 0 Å². The van der Waals surface area contributed by atoms with E-state index in [1.807, 2.05) is 18.2 Å². The zero-order chi connectivity index (χ0) is 14.8. The number of rotatable bonds is 4. The van der Waals surface area contributed by atoms with Gasteiger partial charge >= 0.3 is 0 Å². The summed E-state index contributed by atoms with van der Waals surface area (Å²) in [5.74, 6) is 0. The van der Waals surface area contributed by atoms with Crippen LogP contribution in [0.15, 0.2) is 42.5 Å². The second-order valence-corrected chi connectivity index (χ2v) is 6.49. The van der Waals surface area contributed by atoms with Gasteiger partial charge in [0.25, 0.3) is 0 Å². The molecule has 0 aliphatic heterocycles. The van der Waals surface area contributed by atoms with E-state index in [-0.39, 0.29) is 0 Å². The van der Waals surface area contributed by atoms with Gasteiger partial charge in [0.15, 0.2) is 0 Å². The molecule has 0 aromatic heterocycles. The molecule has 0 saturated heterocycles. The maximum atomic E-state index is 6.08. The molecule has 1 N–H and O–H groups in total. The maximum Gasteiger partial charge on any atom is 0.0408 e. The molecule has 1 aliphatic carbocycles. The van der Waals surface area contributed by atoms with Gasteiger partial charge < -0.3 is 5.32 Å². The summed E-state index contributed by atoms with van der Waals surface area (Å²) in [6.45, 7) is 2.21. The normalized spacial score (nSPS) is 18.5. The summed E-state index contributed by atoms with van der Waals surface area (Å²) in [7, 11) is 0. The minimum absolute atomic E-state index is 0.355. The molecular formula is C18H19Cl2N. The van der Waals surface area contributed by atoms with Crippen LogP contribution in [0.25, 0.3) is 0 Å². The molecule has 1 nitrogen and oxygen atoms in total. The van der Waals surface area contributed by atoms with Gasteiger partial charge in [-0.05, 0) is 60.2 Å². The average Bonchev–Trinajstić information content (AvgIpc) is 2.88. The van der Waals surface area contributed by atoms with E-state index >= 15 is 0 Å². The summed E-state index contributed by atoms with van der Waals surface area (Å²) in [6, 6.07) is 15.2. The van der Waals surface area contributed by atoms with Crippen LogP contribution in [0, 0.1) is 0 Å². The fraction of sp³-hybridized carbons (Fsp3) is 0.333. The van der Waals surface area contributed by atoms with Gasteiger partial charge in [-0.3, -0.25) is 0 Å². The van der Waals surface area contributed by atoms with Crippen molar-refractivity contribution in [2.75, 3.05) is 0 Å². The van der Waals surface area contributed by atoms with Gasteiger partial charge in [0.2, 0.25) is 0 Å². The van der Waals surface area contributed by atoms with Crippen LogP contribution in [0.5, 0.6) is 0 Å². The maximum absolute atomic E-state index is 6.08. The van der Waals surface area contributed by atoms with Crippen LogP contribution in [-0.4, -0.2) is 0 Å². The lowest BCUT2D eigenvalue weighted by Crippen LogP contribution is -2.24. The lowest BCUT2D eigenvalue weighted by atomic mass is 10.0. The smallest absolute Gasteiger partial charge is 0.0408 e. The summed E-state index contributed by atoms with van der Waals surface area (Å²) in [5, 5.41) is 5.41. The number of fused-ring (bicyclic) bond motifs is 1. The molecule has 0 fully saturated rings. The predicted molar refractivity (Wildman–Crippen MR) is 90.1 cm³/mol. The zero-order valence-corrected chi connectivity index (χ0v) is 13.6. The second kappa shape index (κ2) is 6.39. The largest absolute Gasteiger partial charge is 0.303 e. The van der Waals surface area contributed by atoms with Crippen LogP contribution in [0.3, 0.4) is 0 Å². The summed E-state index contributed by atoms with van der Waals surface area (Å²) < 4.78 is 0. The zero-order valence-electron chi connectivity index (χ0n) is 12.1. The first-order chi connectivity index (χ1) is 10.2. The monoisotopic (exact) mass is 319 g/mol. The van der Waals surface area contributed by atoms with Crippen LogP contribution < -0.4 is 5.32 Å². The Balaban J connectivity index is 1.78. The molecule has 2 aromatic rings. The Bertz CT molecular complexity index is 622. The lowest BCUT2D eigenvalue weighted by Gasteiger charge is -2.23. The fourth-order valence-corrected chi connectivity index (χ4v) is 3.47. The Labute approximate surface area is 136 Å². The van der Waals surface area contributed by atoms with Gasteiger partial charge in [0, 0.05) is 22.1 Å². The summed E-state index contributed by atoms with van der Waals surface area (Å²) in [4.78, 5) is 0. The number of hydrogen-bond donors (Lipinski definition) is 1. The van der Waals surface area contributed by atoms with Crippen LogP contribution in [0.4, 0.5) is 0 Å². The van der Waals surface area contributed by atoms with Crippen molar-refractivity contribution in [3.05, 3.63) is 69.2 Å². The van der Waals surface area contributed by atoms with Crippen molar-refractivity contribution in [2.45, 2.75) is 38.3 Å². The molecule has 2 atom stereocenters. The van der Waals surface area contributed by atoms with E-state index in [1.54, 1.807) is 0 Å². The van der Waals surface area contributed by atoms with Gasteiger partial charge in [0.1, 0.15) is 0 Å². The highest BCUT2D eigenvalue weighted by Gasteiger charge is 2.24. The molecule has 1 aliphatic rings. The van der Waals surface area contributed by atoms with Crippen molar-refractivity contribution in [1.29, 1.82) is 0 Å². The standard InChI is InChI=1S/C18H19Cl2N/c1-2-17(12-3-6-14(19)7-4-12)21-18-10-5-13-11-15(20)8-9-16(13)18/h3-4,6-9,11,17-18,21H,2,5,10H2,1H3. The number of hydrogen-bond acceptors (Lipinski definition) is 1. The highest BCUT2D eigenvalue weighted by molar-refractivity contribution is 6.30. The van der Waals surface area contributed by atoms with Crippen LogP contribution in [-0.2, 0) is 6.42 Å². The van der Waals surface area contributed by atoms with Gasteiger partial charge in [-0.15, -0.1) is 0 Å². The molecule has 0 bridgehead atoms. The Morgan fingerprint density at radius 1 is 1.10 bits per heavy atom. The van der Waals surface area contributed by atoms with E-state index in [0.717, 1.165) is 29.3 Å². The highest BCUT2D eigenvalue weighted by Crippen LogP contribution is 2.35. The third-order valence-corrected chi connectivity index (χ3v) is 4.75. The van der Waals surface area contributed by atoms with E-state index < -0.39 is 0 Å². The Kier molecular flexibility index (Phi) is 4.54. The van der Waals surface area contributed by atoms with E-state index in [1.165, 1.54) is 16.7 Å². The van der Waals surface area contributed by atoms with E-state index in [4.69, 9.17) is 23.2 Å². The molecule has 2 unspecified atom stereocenters. The van der Waals surface area contributed by atoms with Crippen molar-refractivity contribution >= 4 is 23.2 Å². The molecule has 0 amide bonds. The summed E-state index contributed by atoms with van der Waals surface area (Å²) in [5.41, 5.74) is 4.07. The molecule has 21 heavy (non-hydrogen) atoms. The number of halogens is 2. The molecule has 110 valence electrons. The average molecular weight is 320 g/mol. The Hall–Kier alpha value is -1.02. The molecule has 3 heteroatoms. The van der Waals surface area contributed by atoms with E-state index in [9.17, 15) is 0 Å². The number of benzene rings is 2. The first kappa shape index (κ1) is 14.9. The third-order valence-electron chi connectivity index (χ3n) is 4.27. The minimum Gasteiger partial charge on any atom is -0.303 e. The summed E-state index contributed by atoms with van der Waals surface area (Å²) in [6.07, 6.45) is 3.30. The van der Waals surface area contributed by atoms with E-state index in [0.29, 0.717) is 12.1 Å². The van der Waals surface area contributed by atoms with Crippen molar-refractivity contribution in [3.63, 3.8) is 0 Å². The second-order valence-electron chi connectivity index (χ2n) is 5.61. The molecular weight excluding hydrogens is 301 g/mol. The SMILES string of the molecule is CCC(NC1CCc2cc(Cl)ccc21)c1ccc(Cl)cc1. The highest BCUT2D eigenvalue weighted by atomic mass is 35.5. The van der Waals surface area contributed by atoms with E-state index in [2.05, 4.69) is 36.5 Å². The molecule has 2 aromatic carbocycles. The van der Waals surface area contributed by atoms with Crippen molar-refractivity contribution in [1.82, 2.24) is 5.32 Å². The first-order valence-electron chi connectivity index (χ1n) is 7.47. The fourth-order valence-electron chi connectivity index (χ4n) is 3.15. The third kappa shape index (κ3) is 3.26. The molecule has 3 rings (SSSR count). The summed E-state index contributed by atoms with van der Waals surface area (Å²) >= 11 is 12.1. The van der Waals surface area contributed by atoms with Crippen LogP contribution >= 0.6 is 23.2 Å². The van der Waals surface area contributed by atoms with Crippen molar-refractivity contribution < 1.29 is 0 Å².